The minimum absolute atomic E-state index is 0.646. The Kier molecular flexibility index (Phi) is 6.89. The molecule has 0 N–H and O–H groups in total. The van der Waals surface area contributed by atoms with Crippen LogP contribution < -0.4 is 0 Å². The number of fused-ring (bicyclic) bond motifs is 5. The van der Waals surface area contributed by atoms with E-state index in [-0.39, 0.29) is 0 Å². The maximum absolute atomic E-state index is 5.26. The van der Waals surface area contributed by atoms with E-state index >= 15 is 0 Å². The van der Waals surface area contributed by atoms with Crippen molar-refractivity contribution in [2.75, 3.05) is 0 Å². The average molecular weight is 766 g/mol. The molecule has 59 heavy (non-hydrogen) atoms. The van der Waals surface area contributed by atoms with Crippen LogP contribution in [0.2, 0.25) is 0 Å². The number of hydrogen-bond donors (Lipinski definition) is 0. The summed E-state index contributed by atoms with van der Waals surface area (Å²) >= 11 is 1.79. The first-order chi connectivity index (χ1) is 29.2. The zero-order chi connectivity index (χ0) is 38.6. The normalized spacial score (nSPS) is 12.1. The van der Waals surface area contributed by atoms with Gasteiger partial charge in [0.2, 0.25) is 0 Å². The Balaban J connectivity index is 1.06. The lowest BCUT2D eigenvalue weighted by molar-refractivity contribution is 1.08. The second kappa shape index (κ2) is 12.5. The Bertz CT molecular complexity index is 3840. The largest absolute Gasteiger partial charge is 0.208 e. The van der Waals surface area contributed by atoms with Gasteiger partial charge in [0.15, 0.2) is 17.5 Å². The van der Waals surface area contributed by atoms with Crippen LogP contribution in [0.3, 0.4) is 0 Å². The summed E-state index contributed by atoms with van der Waals surface area (Å²) in [6.45, 7) is 0. The fourth-order valence-corrected chi connectivity index (χ4v) is 10.8. The summed E-state index contributed by atoms with van der Waals surface area (Å²) in [7, 11) is 0. The van der Waals surface area contributed by atoms with E-state index < -0.39 is 0 Å². The molecule has 0 saturated carbocycles. The molecule has 13 rings (SSSR count). The van der Waals surface area contributed by atoms with E-state index in [1.165, 1.54) is 84.8 Å². The highest BCUT2D eigenvalue weighted by atomic mass is 32.1. The van der Waals surface area contributed by atoms with Crippen molar-refractivity contribution < 1.29 is 0 Å². The van der Waals surface area contributed by atoms with Gasteiger partial charge in [-0.05, 0) is 106 Å². The van der Waals surface area contributed by atoms with Gasteiger partial charge in [-0.1, -0.05) is 158 Å². The Morgan fingerprint density at radius 2 is 0.797 bits per heavy atom. The van der Waals surface area contributed by atoms with Crippen molar-refractivity contribution >= 4 is 96.1 Å². The predicted octanol–water partition coefficient (Wildman–Crippen LogP) is 15.3. The van der Waals surface area contributed by atoms with Crippen LogP contribution in [-0.4, -0.2) is 15.0 Å². The summed E-state index contributed by atoms with van der Waals surface area (Å²) in [5.41, 5.74) is 5.17. The molecule has 13 aromatic rings. The molecule has 0 unspecified atom stereocenters. The van der Waals surface area contributed by atoms with E-state index in [1.807, 2.05) is 18.2 Å². The first-order valence-electron chi connectivity index (χ1n) is 20.0. The lowest BCUT2D eigenvalue weighted by Gasteiger charge is -2.17. The highest BCUT2D eigenvalue weighted by Gasteiger charge is 2.19. The van der Waals surface area contributed by atoms with E-state index in [0.717, 1.165) is 27.8 Å². The van der Waals surface area contributed by atoms with Crippen LogP contribution in [0.15, 0.2) is 188 Å². The molecule has 0 bridgehead atoms. The van der Waals surface area contributed by atoms with Crippen molar-refractivity contribution in [2.24, 2.45) is 0 Å². The van der Waals surface area contributed by atoms with Crippen LogP contribution in [0.25, 0.3) is 130 Å². The first-order valence-corrected chi connectivity index (χ1v) is 20.8. The van der Waals surface area contributed by atoms with Crippen molar-refractivity contribution in [1.29, 1.82) is 0 Å². The van der Waals surface area contributed by atoms with Crippen molar-refractivity contribution in [3.63, 3.8) is 0 Å². The second-order valence-electron chi connectivity index (χ2n) is 15.5. The minimum atomic E-state index is 0.646. The molecule has 0 aliphatic heterocycles. The summed E-state index contributed by atoms with van der Waals surface area (Å²) < 4.78 is 2.43. The predicted molar refractivity (Wildman–Crippen MR) is 251 cm³/mol. The van der Waals surface area contributed by atoms with E-state index in [9.17, 15) is 0 Å². The van der Waals surface area contributed by atoms with Crippen LogP contribution in [0.4, 0.5) is 0 Å². The lowest BCUT2D eigenvalue weighted by atomic mass is 9.86. The average Bonchev–Trinajstić information content (AvgIpc) is 3.69. The molecule has 0 atom stereocenters. The van der Waals surface area contributed by atoms with Crippen LogP contribution in [0, 0.1) is 0 Å². The first kappa shape index (κ1) is 32.5. The van der Waals surface area contributed by atoms with Gasteiger partial charge in [0.1, 0.15) is 0 Å². The molecule has 4 heteroatoms. The van der Waals surface area contributed by atoms with Crippen molar-refractivity contribution in [3.8, 4) is 45.3 Å². The van der Waals surface area contributed by atoms with E-state index in [2.05, 4.69) is 170 Å². The molecule has 2 aromatic heterocycles. The summed E-state index contributed by atoms with van der Waals surface area (Å²) in [4.78, 5) is 15.6. The lowest BCUT2D eigenvalue weighted by Crippen LogP contribution is -2.00. The molecule has 2 heterocycles. The quantitative estimate of drug-likeness (QED) is 0.168. The van der Waals surface area contributed by atoms with Crippen LogP contribution in [0.1, 0.15) is 0 Å². The topological polar surface area (TPSA) is 38.7 Å². The Hall–Kier alpha value is -7.53. The number of aromatic nitrogens is 3. The molecule has 3 nitrogen and oxygen atoms in total. The molecule has 0 amide bonds. The number of benzene rings is 10. The van der Waals surface area contributed by atoms with Gasteiger partial charge in [-0.15, -0.1) is 11.3 Å². The van der Waals surface area contributed by atoms with Gasteiger partial charge in [-0.25, -0.2) is 15.0 Å². The molecule has 0 spiro atoms. The van der Waals surface area contributed by atoms with Gasteiger partial charge in [0.05, 0.1) is 0 Å². The molecule has 0 fully saturated rings. The third-order valence-electron chi connectivity index (χ3n) is 12.2. The Morgan fingerprint density at radius 1 is 0.288 bits per heavy atom. The van der Waals surface area contributed by atoms with Crippen molar-refractivity contribution in [2.45, 2.75) is 0 Å². The number of hydrogen-bond acceptors (Lipinski definition) is 4. The Labute approximate surface area is 342 Å². The molecule has 0 radical (unpaired) electrons. The SMILES string of the molecule is c1ccc(-c2nc(-c3cccc(-c4cc5ccc6cccc7c8cccc9ccc%10cccc(c(c4)c5c67)c%10c98)c3)nc(-c3cccc4c3sc3ccccc34)n2)cc1. The minimum Gasteiger partial charge on any atom is -0.208 e. The van der Waals surface area contributed by atoms with Crippen LogP contribution in [0.5, 0.6) is 0 Å². The van der Waals surface area contributed by atoms with Crippen LogP contribution >= 0.6 is 11.3 Å². The standard InChI is InChI=1S/C55H31N3S/c1-2-11-35(12-3-1)53-56-54(58-55(57-53)45-23-10-22-44-40-18-4-5-24-47(40)59-52(44)45)38-17-6-16-36(29-38)39-30-37-28-27-34-14-8-20-42-41-19-7-13-32-25-26-33-15-9-21-43(50(33)48(32)41)46(31-39)51(37)49(34)42/h1-31H. The maximum atomic E-state index is 5.26. The van der Waals surface area contributed by atoms with Gasteiger partial charge in [0.25, 0.3) is 0 Å². The highest BCUT2D eigenvalue weighted by Crippen LogP contribution is 2.45. The molecule has 0 aliphatic carbocycles. The van der Waals surface area contributed by atoms with Gasteiger partial charge >= 0.3 is 0 Å². The smallest absolute Gasteiger partial charge is 0.165 e. The van der Waals surface area contributed by atoms with Crippen LogP contribution in [-0.2, 0) is 0 Å². The molecule has 11 aromatic carbocycles. The molecular weight excluding hydrogens is 735 g/mol. The summed E-state index contributed by atoms with van der Waals surface area (Å²) in [5.74, 6) is 1.97. The van der Waals surface area contributed by atoms with Crippen molar-refractivity contribution in [3.05, 3.63) is 188 Å². The van der Waals surface area contributed by atoms with Crippen molar-refractivity contribution in [1.82, 2.24) is 15.0 Å². The number of rotatable bonds is 4. The van der Waals surface area contributed by atoms with E-state index in [1.54, 1.807) is 11.3 Å². The highest BCUT2D eigenvalue weighted by molar-refractivity contribution is 7.26. The Morgan fingerprint density at radius 3 is 1.53 bits per heavy atom. The van der Waals surface area contributed by atoms with E-state index in [4.69, 9.17) is 15.0 Å². The van der Waals surface area contributed by atoms with Gasteiger partial charge < -0.3 is 0 Å². The monoisotopic (exact) mass is 765 g/mol. The number of nitrogens with zero attached hydrogens (tertiary/aromatic N) is 3. The zero-order valence-corrected chi connectivity index (χ0v) is 32.5. The molecular formula is C55H31N3S. The van der Waals surface area contributed by atoms with Gasteiger partial charge in [-0.3, -0.25) is 0 Å². The number of thiophene rings is 1. The molecule has 0 aliphatic rings. The van der Waals surface area contributed by atoms with Gasteiger partial charge in [0, 0.05) is 36.9 Å². The summed E-state index contributed by atoms with van der Waals surface area (Å²) in [5, 5.41) is 17.7. The zero-order valence-electron chi connectivity index (χ0n) is 31.6. The van der Waals surface area contributed by atoms with Gasteiger partial charge in [-0.2, -0.15) is 0 Å². The third kappa shape index (κ3) is 4.91. The fraction of sp³-hybridized carbons (Fsp3) is 0. The molecule has 0 saturated heterocycles. The molecule has 272 valence electrons. The fourth-order valence-electron chi connectivity index (χ4n) is 9.55. The summed E-state index contributed by atoms with van der Waals surface area (Å²) in [6.07, 6.45) is 0. The maximum Gasteiger partial charge on any atom is 0.165 e. The third-order valence-corrected chi connectivity index (χ3v) is 13.4. The second-order valence-corrected chi connectivity index (χ2v) is 16.5. The van der Waals surface area contributed by atoms with E-state index in [0.29, 0.717) is 17.5 Å². The summed E-state index contributed by atoms with van der Waals surface area (Å²) in [6, 6.07) is 68.2.